The molecule has 0 bridgehead atoms. The molecular formula is C31H35NO6. The number of carbonyl (C=O) groups is 3. The zero-order valence-corrected chi connectivity index (χ0v) is 21.9. The van der Waals surface area contributed by atoms with Crippen molar-refractivity contribution in [2.24, 2.45) is 0 Å². The molecule has 38 heavy (non-hydrogen) atoms. The number of carboxylic acid groups (broad SMARTS) is 1. The van der Waals surface area contributed by atoms with E-state index in [1.807, 2.05) is 13.0 Å². The molecule has 0 saturated heterocycles. The van der Waals surface area contributed by atoms with Crippen LogP contribution in [0.25, 0.3) is 0 Å². The van der Waals surface area contributed by atoms with Crippen molar-refractivity contribution >= 4 is 17.8 Å². The van der Waals surface area contributed by atoms with Gasteiger partial charge in [-0.15, -0.1) is 0 Å². The maximum absolute atomic E-state index is 12.5. The fourth-order valence-corrected chi connectivity index (χ4v) is 3.91. The summed E-state index contributed by atoms with van der Waals surface area (Å²) < 4.78 is 11.2. The van der Waals surface area contributed by atoms with E-state index in [-0.39, 0.29) is 6.42 Å². The van der Waals surface area contributed by atoms with Gasteiger partial charge in [-0.3, -0.25) is 4.79 Å². The van der Waals surface area contributed by atoms with Crippen LogP contribution in [0.3, 0.4) is 0 Å². The molecule has 0 aromatic heterocycles. The van der Waals surface area contributed by atoms with Crippen LogP contribution in [0.5, 0.6) is 11.5 Å². The minimum atomic E-state index is -1.13. The third kappa shape index (κ3) is 9.07. The Labute approximate surface area is 223 Å². The predicted octanol–water partition coefficient (Wildman–Crippen LogP) is 5.99. The number of esters is 1. The summed E-state index contributed by atoms with van der Waals surface area (Å²) in [6, 6.07) is 19.2. The zero-order chi connectivity index (χ0) is 27.3. The van der Waals surface area contributed by atoms with E-state index in [4.69, 9.17) is 9.47 Å². The molecule has 0 aliphatic heterocycles. The van der Waals surface area contributed by atoms with Crippen molar-refractivity contribution in [1.82, 2.24) is 5.32 Å². The van der Waals surface area contributed by atoms with Gasteiger partial charge in [0.15, 0.2) is 0 Å². The highest BCUT2D eigenvalue weighted by Gasteiger charge is 2.21. The van der Waals surface area contributed by atoms with Gasteiger partial charge in [0, 0.05) is 12.0 Å². The molecule has 0 spiro atoms. The van der Waals surface area contributed by atoms with E-state index in [1.54, 1.807) is 66.7 Å². The van der Waals surface area contributed by atoms with Crippen molar-refractivity contribution in [1.29, 1.82) is 0 Å². The summed E-state index contributed by atoms with van der Waals surface area (Å²) in [6.45, 7) is 4.70. The summed E-state index contributed by atoms with van der Waals surface area (Å²) in [5.74, 6) is -1.04. The number of amides is 1. The lowest BCUT2D eigenvalue weighted by molar-refractivity contribution is -0.139. The Morgan fingerprint density at radius 1 is 0.842 bits per heavy atom. The third-order valence-electron chi connectivity index (χ3n) is 6.06. The number of ether oxygens (including phenoxy) is 2. The molecule has 0 saturated carbocycles. The average Bonchev–Trinajstić information content (AvgIpc) is 2.91. The highest BCUT2D eigenvalue weighted by molar-refractivity contribution is 5.96. The van der Waals surface area contributed by atoms with Crippen LogP contribution in [-0.2, 0) is 11.2 Å². The molecular weight excluding hydrogens is 482 g/mol. The second-order valence-corrected chi connectivity index (χ2v) is 9.26. The molecule has 7 nitrogen and oxygen atoms in total. The standard InChI is InChI=1S/C31H35NO6/c1-3-4-5-6-7-19-37-26-17-13-24(14-18-26)31(36)38-27-15-11-23(12-16-27)21-28(30(34)35)32-29(33)25-10-8-9-22(2)20-25/h8-18,20,28H,3-7,19,21H2,1-2H3,(H,32,33)(H,34,35). The summed E-state index contributed by atoms with van der Waals surface area (Å²) >= 11 is 0. The fourth-order valence-electron chi connectivity index (χ4n) is 3.91. The topological polar surface area (TPSA) is 102 Å². The second kappa shape index (κ2) is 14.6. The monoisotopic (exact) mass is 517 g/mol. The van der Waals surface area contributed by atoms with E-state index in [0.717, 1.165) is 18.4 Å². The molecule has 7 heteroatoms. The Balaban J connectivity index is 1.50. The van der Waals surface area contributed by atoms with Gasteiger partial charge in [-0.05, 0) is 67.4 Å². The molecule has 0 heterocycles. The first-order chi connectivity index (χ1) is 18.4. The smallest absolute Gasteiger partial charge is 0.343 e. The number of aryl methyl sites for hydroxylation is 1. The largest absolute Gasteiger partial charge is 0.494 e. The highest BCUT2D eigenvalue weighted by Crippen LogP contribution is 2.18. The van der Waals surface area contributed by atoms with E-state index < -0.39 is 23.9 Å². The van der Waals surface area contributed by atoms with Gasteiger partial charge < -0.3 is 19.9 Å². The average molecular weight is 518 g/mol. The molecule has 0 fully saturated rings. The SMILES string of the molecule is CCCCCCCOc1ccc(C(=O)Oc2ccc(CC(NC(=O)c3cccc(C)c3)C(=O)O)cc2)cc1. The highest BCUT2D eigenvalue weighted by atomic mass is 16.5. The summed E-state index contributed by atoms with van der Waals surface area (Å²) in [7, 11) is 0. The molecule has 1 amide bonds. The van der Waals surface area contributed by atoms with Crippen molar-refractivity contribution < 1.29 is 29.0 Å². The van der Waals surface area contributed by atoms with Crippen molar-refractivity contribution in [3.63, 3.8) is 0 Å². The molecule has 3 rings (SSSR count). The van der Waals surface area contributed by atoms with Gasteiger partial charge in [0.05, 0.1) is 12.2 Å². The summed E-state index contributed by atoms with van der Waals surface area (Å²) in [6.07, 6.45) is 5.91. The normalized spacial score (nSPS) is 11.4. The molecule has 3 aromatic carbocycles. The molecule has 0 aliphatic carbocycles. The number of rotatable bonds is 14. The van der Waals surface area contributed by atoms with Crippen LogP contribution < -0.4 is 14.8 Å². The van der Waals surface area contributed by atoms with Crippen LogP contribution in [0.2, 0.25) is 0 Å². The maximum Gasteiger partial charge on any atom is 0.343 e. The Hall–Kier alpha value is -4.13. The van der Waals surface area contributed by atoms with Crippen LogP contribution in [0.4, 0.5) is 0 Å². The predicted molar refractivity (Wildman–Crippen MR) is 146 cm³/mol. The van der Waals surface area contributed by atoms with Crippen LogP contribution in [0.15, 0.2) is 72.8 Å². The first-order valence-electron chi connectivity index (χ1n) is 13.0. The van der Waals surface area contributed by atoms with Gasteiger partial charge >= 0.3 is 11.9 Å². The lowest BCUT2D eigenvalue weighted by Crippen LogP contribution is -2.42. The number of aliphatic carboxylic acids is 1. The van der Waals surface area contributed by atoms with Crippen molar-refractivity contribution in [2.75, 3.05) is 6.61 Å². The number of benzene rings is 3. The van der Waals surface area contributed by atoms with Gasteiger partial charge in [-0.1, -0.05) is 62.4 Å². The second-order valence-electron chi connectivity index (χ2n) is 9.26. The third-order valence-corrected chi connectivity index (χ3v) is 6.06. The van der Waals surface area contributed by atoms with E-state index in [0.29, 0.717) is 34.8 Å². The van der Waals surface area contributed by atoms with Crippen LogP contribution in [0, 0.1) is 6.92 Å². The summed E-state index contributed by atoms with van der Waals surface area (Å²) in [5.41, 5.74) is 2.39. The number of carboxylic acids is 1. The molecule has 1 atom stereocenters. The molecule has 0 aliphatic rings. The van der Waals surface area contributed by atoms with E-state index >= 15 is 0 Å². The lowest BCUT2D eigenvalue weighted by atomic mass is 10.0. The lowest BCUT2D eigenvalue weighted by Gasteiger charge is -2.15. The summed E-state index contributed by atoms with van der Waals surface area (Å²) in [4.78, 5) is 36.8. The Morgan fingerprint density at radius 3 is 2.18 bits per heavy atom. The first-order valence-corrected chi connectivity index (χ1v) is 13.0. The quantitative estimate of drug-likeness (QED) is 0.155. The van der Waals surface area contributed by atoms with Crippen molar-refractivity contribution in [3.8, 4) is 11.5 Å². The van der Waals surface area contributed by atoms with Gasteiger partial charge in [-0.2, -0.15) is 0 Å². The van der Waals surface area contributed by atoms with Crippen molar-refractivity contribution in [2.45, 2.75) is 58.4 Å². The maximum atomic E-state index is 12.5. The van der Waals surface area contributed by atoms with E-state index in [9.17, 15) is 19.5 Å². The fraction of sp³-hybridized carbons (Fsp3) is 0.323. The minimum Gasteiger partial charge on any atom is -0.494 e. The minimum absolute atomic E-state index is 0.0845. The Kier molecular flexibility index (Phi) is 10.9. The number of unbranched alkanes of at least 4 members (excludes halogenated alkanes) is 4. The van der Waals surface area contributed by atoms with Crippen molar-refractivity contribution in [3.05, 3.63) is 95.1 Å². The van der Waals surface area contributed by atoms with Gasteiger partial charge in [-0.25, -0.2) is 9.59 Å². The van der Waals surface area contributed by atoms with Gasteiger partial charge in [0.25, 0.3) is 5.91 Å². The molecule has 1 unspecified atom stereocenters. The molecule has 3 aromatic rings. The summed E-state index contributed by atoms with van der Waals surface area (Å²) in [5, 5.41) is 12.2. The van der Waals surface area contributed by atoms with Crippen LogP contribution in [-0.4, -0.2) is 35.6 Å². The van der Waals surface area contributed by atoms with Crippen LogP contribution in [0.1, 0.15) is 70.9 Å². The number of carbonyl (C=O) groups excluding carboxylic acids is 2. The number of hydrogen-bond acceptors (Lipinski definition) is 5. The Bertz CT molecular complexity index is 1200. The van der Waals surface area contributed by atoms with E-state index in [2.05, 4.69) is 12.2 Å². The van der Waals surface area contributed by atoms with Gasteiger partial charge in [0.2, 0.25) is 0 Å². The Morgan fingerprint density at radius 2 is 1.53 bits per heavy atom. The van der Waals surface area contributed by atoms with E-state index in [1.165, 1.54) is 19.3 Å². The molecule has 0 radical (unpaired) electrons. The van der Waals surface area contributed by atoms with Gasteiger partial charge in [0.1, 0.15) is 17.5 Å². The van der Waals surface area contributed by atoms with Crippen LogP contribution >= 0.6 is 0 Å². The zero-order valence-electron chi connectivity index (χ0n) is 21.9. The number of nitrogens with one attached hydrogen (secondary N) is 1. The molecule has 200 valence electrons. The number of hydrogen-bond donors (Lipinski definition) is 2. The first kappa shape index (κ1) is 28.4. The molecule has 2 N–H and O–H groups in total.